The highest BCUT2D eigenvalue weighted by Crippen LogP contribution is 2.19. The molecule has 5 heteroatoms. The smallest absolute Gasteiger partial charge is 0.221 e. The van der Waals surface area contributed by atoms with Gasteiger partial charge in [-0.05, 0) is 20.8 Å². The third-order valence-corrected chi connectivity index (χ3v) is 1.91. The maximum Gasteiger partial charge on any atom is 0.221 e. The van der Waals surface area contributed by atoms with Crippen LogP contribution in [0.15, 0.2) is 6.33 Å². The van der Waals surface area contributed by atoms with Crippen molar-refractivity contribution in [1.29, 1.82) is 0 Å². The van der Waals surface area contributed by atoms with Crippen molar-refractivity contribution in [2.75, 3.05) is 18.5 Å². The zero-order chi connectivity index (χ0) is 11.3. The molecule has 3 N–H and O–H groups in total. The Bertz CT molecular complexity index is 314. The molecule has 1 aromatic rings. The van der Waals surface area contributed by atoms with Crippen molar-refractivity contribution >= 4 is 5.82 Å². The van der Waals surface area contributed by atoms with Crippen molar-refractivity contribution in [3.05, 3.63) is 11.9 Å². The predicted molar refractivity (Wildman–Crippen MR) is 60.1 cm³/mol. The first-order chi connectivity index (χ1) is 7.15. The number of nitrogens with two attached hydrogens (primary N) is 1. The number of aromatic nitrogens is 2. The molecule has 0 saturated carbocycles. The maximum atomic E-state index is 5.65. The minimum Gasteiger partial charge on any atom is -0.478 e. The van der Waals surface area contributed by atoms with E-state index >= 15 is 0 Å². The second-order valence-corrected chi connectivity index (χ2v) is 3.44. The first kappa shape index (κ1) is 11.7. The van der Waals surface area contributed by atoms with Gasteiger partial charge in [0.15, 0.2) is 0 Å². The summed E-state index contributed by atoms with van der Waals surface area (Å²) in [6.07, 6.45) is 1.49. The minimum absolute atomic E-state index is 0.0925. The van der Waals surface area contributed by atoms with Crippen LogP contribution in [0, 0.1) is 6.92 Å². The Morgan fingerprint density at radius 2 is 2.27 bits per heavy atom. The fourth-order valence-corrected chi connectivity index (χ4v) is 1.15. The Balaban J connectivity index is 2.75. The monoisotopic (exact) mass is 210 g/mol. The molecule has 1 unspecified atom stereocenters. The lowest BCUT2D eigenvalue weighted by Crippen LogP contribution is -2.25. The molecular formula is C10H18N4O. The van der Waals surface area contributed by atoms with Gasteiger partial charge in [0, 0.05) is 12.6 Å². The Labute approximate surface area is 90.1 Å². The number of nitrogens with one attached hydrogen (secondary N) is 1. The summed E-state index contributed by atoms with van der Waals surface area (Å²) >= 11 is 0. The van der Waals surface area contributed by atoms with Gasteiger partial charge in [0.2, 0.25) is 5.88 Å². The highest BCUT2D eigenvalue weighted by atomic mass is 16.5. The summed E-state index contributed by atoms with van der Waals surface area (Å²) in [5, 5.41) is 3.16. The minimum atomic E-state index is 0.0925. The molecule has 0 aliphatic rings. The number of hydrogen-bond acceptors (Lipinski definition) is 5. The van der Waals surface area contributed by atoms with Crippen molar-refractivity contribution in [3.8, 4) is 5.88 Å². The van der Waals surface area contributed by atoms with Gasteiger partial charge >= 0.3 is 0 Å². The molecule has 1 heterocycles. The summed E-state index contributed by atoms with van der Waals surface area (Å²) in [6.45, 7) is 7.08. The molecule has 0 bridgehead atoms. The SMILES string of the molecule is CCOc1ncnc(NCC(C)N)c1C. The molecule has 0 aromatic carbocycles. The Morgan fingerprint density at radius 1 is 1.53 bits per heavy atom. The van der Waals surface area contributed by atoms with Gasteiger partial charge < -0.3 is 15.8 Å². The lowest BCUT2D eigenvalue weighted by atomic mass is 10.3. The van der Waals surface area contributed by atoms with E-state index in [9.17, 15) is 0 Å². The summed E-state index contributed by atoms with van der Waals surface area (Å²) in [7, 11) is 0. The zero-order valence-corrected chi connectivity index (χ0v) is 9.45. The van der Waals surface area contributed by atoms with Crippen LogP contribution in [-0.2, 0) is 0 Å². The van der Waals surface area contributed by atoms with E-state index in [0.29, 0.717) is 19.0 Å². The Morgan fingerprint density at radius 3 is 2.87 bits per heavy atom. The Hall–Kier alpha value is -1.36. The van der Waals surface area contributed by atoms with Gasteiger partial charge in [0.05, 0.1) is 12.2 Å². The number of ether oxygens (including phenoxy) is 1. The van der Waals surface area contributed by atoms with Crippen LogP contribution in [0.2, 0.25) is 0 Å². The first-order valence-corrected chi connectivity index (χ1v) is 5.09. The van der Waals surface area contributed by atoms with E-state index in [0.717, 1.165) is 11.4 Å². The van der Waals surface area contributed by atoms with E-state index in [2.05, 4.69) is 15.3 Å². The molecule has 15 heavy (non-hydrogen) atoms. The summed E-state index contributed by atoms with van der Waals surface area (Å²) in [4.78, 5) is 8.19. The van der Waals surface area contributed by atoms with Crippen LogP contribution in [0.25, 0.3) is 0 Å². The van der Waals surface area contributed by atoms with E-state index in [1.54, 1.807) is 0 Å². The van der Waals surface area contributed by atoms with E-state index < -0.39 is 0 Å². The number of nitrogens with zero attached hydrogens (tertiary/aromatic N) is 2. The molecule has 84 valence electrons. The molecule has 1 rings (SSSR count). The van der Waals surface area contributed by atoms with Crippen molar-refractivity contribution in [2.24, 2.45) is 5.73 Å². The highest BCUT2D eigenvalue weighted by molar-refractivity contribution is 5.47. The molecule has 0 aliphatic heterocycles. The number of rotatable bonds is 5. The summed E-state index contributed by atoms with van der Waals surface area (Å²) in [5.41, 5.74) is 6.57. The van der Waals surface area contributed by atoms with Gasteiger partial charge in [-0.2, -0.15) is 0 Å². The summed E-state index contributed by atoms with van der Waals surface area (Å²) in [6, 6.07) is 0.0925. The fourth-order valence-electron chi connectivity index (χ4n) is 1.15. The largest absolute Gasteiger partial charge is 0.478 e. The lowest BCUT2D eigenvalue weighted by Gasteiger charge is -2.12. The molecule has 1 atom stereocenters. The molecule has 0 radical (unpaired) electrons. The van der Waals surface area contributed by atoms with Crippen LogP contribution in [0.5, 0.6) is 5.88 Å². The quantitative estimate of drug-likeness (QED) is 0.756. The summed E-state index contributed by atoms with van der Waals surface area (Å²) < 4.78 is 5.36. The standard InChI is InChI=1S/C10H18N4O/c1-4-15-10-8(3)9(13-6-14-10)12-5-7(2)11/h6-7H,4-5,11H2,1-3H3,(H,12,13,14). The fraction of sp³-hybridized carbons (Fsp3) is 0.600. The lowest BCUT2D eigenvalue weighted by molar-refractivity contribution is 0.324. The summed E-state index contributed by atoms with van der Waals surface area (Å²) in [5.74, 6) is 1.41. The van der Waals surface area contributed by atoms with Gasteiger partial charge in [-0.15, -0.1) is 0 Å². The van der Waals surface area contributed by atoms with E-state index in [1.807, 2.05) is 20.8 Å². The van der Waals surface area contributed by atoms with Gasteiger partial charge in [0.25, 0.3) is 0 Å². The molecule has 1 aromatic heterocycles. The molecule has 0 fully saturated rings. The highest BCUT2D eigenvalue weighted by Gasteiger charge is 2.07. The zero-order valence-electron chi connectivity index (χ0n) is 9.45. The average Bonchev–Trinajstić information content (AvgIpc) is 2.19. The average molecular weight is 210 g/mol. The van der Waals surface area contributed by atoms with Crippen LogP contribution in [0.1, 0.15) is 19.4 Å². The van der Waals surface area contributed by atoms with Crippen LogP contribution in [-0.4, -0.2) is 29.2 Å². The van der Waals surface area contributed by atoms with E-state index in [1.165, 1.54) is 6.33 Å². The maximum absolute atomic E-state index is 5.65. The normalized spacial score (nSPS) is 12.3. The predicted octanol–water partition coefficient (Wildman–Crippen LogP) is 0.943. The van der Waals surface area contributed by atoms with E-state index in [4.69, 9.17) is 10.5 Å². The molecule has 0 amide bonds. The Kier molecular flexibility index (Phi) is 4.30. The van der Waals surface area contributed by atoms with Gasteiger partial charge in [-0.3, -0.25) is 0 Å². The van der Waals surface area contributed by atoms with Crippen molar-refractivity contribution in [2.45, 2.75) is 26.8 Å². The molecule has 5 nitrogen and oxygen atoms in total. The van der Waals surface area contributed by atoms with Gasteiger partial charge in [0.1, 0.15) is 12.1 Å². The van der Waals surface area contributed by atoms with E-state index in [-0.39, 0.29) is 6.04 Å². The molecular weight excluding hydrogens is 192 g/mol. The molecule has 0 spiro atoms. The van der Waals surface area contributed by atoms with Gasteiger partial charge in [-0.25, -0.2) is 9.97 Å². The van der Waals surface area contributed by atoms with Crippen LogP contribution in [0.4, 0.5) is 5.82 Å². The van der Waals surface area contributed by atoms with Crippen LogP contribution >= 0.6 is 0 Å². The first-order valence-electron chi connectivity index (χ1n) is 5.09. The van der Waals surface area contributed by atoms with Crippen molar-refractivity contribution in [3.63, 3.8) is 0 Å². The third kappa shape index (κ3) is 3.36. The molecule has 0 saturated heterocycles. The number of hydrogen-bond donors (Lipinski definition) is 2. The molecule has 0 aliphatic carbocycles. The second-order valence-electron chi connectivity index (χ2n) is 3.44. The van der Waals surface area contributed by atoms with Crippen molar-refractivity contribution < 1.29 is 4.74 Å². The number of anilines is 1. The van der Waals surface area contributed by atoms with Crippen LogP contribution < -0.4 is 15.8 Å². The van der Waals surface area contributed by atoms with Crippen LogP contribution in [0.3, 0.4) is 0 Å². The van der Waals surface area contributed by atoms with Gasteiger partial charge in [-0.1, -0.05) is 0 Å². The van der Waals surface area contributed by atoms with Crippen molar-refractivity contribution in [1.82, 2.24) is 9.97 Å². The third-order valence-electron chi connectivity index (χ3n) is 1.91. The topological polar surface area (TPSA) is 73.1 Å². The second kappa shape index (κ2) is 5.50.